The zero-order valence-corrected chi connectivity index (χ0v) is 17.0. The monoisotopic (exact) mass is 408 g/mol. The van der Waals surface area contributed by atoms with Crippen molar-refractivity contribution in [1.82, 2.24) is 0 Å². The van der Waals surface area contributed by atoms with Crippen molar-refractivity contribution < 1.29 is 14.3 Å². The van der Waals surface area contributed by atoms with E-state index in [2.05, 4.69) is 10.5 Å². The first kappa shape index (κ1) is 21.1. The van der Waals surface area contributed by atoms with E-state index in [0.29, 0.717) is 22.2 Å². The lowest BCUT2D eigenvalue weighted by Crippen LogP contribution is -2.14. The van der Waals surface area contributed by atoms with Crippen molar-refractivity contribution in [1.29, 1.82) is 0 Å². The first-order chi connectivity index (χ1) is 12.9. The summed E-state index contributed by atoms with van der Waals surface area (Å²) in [6, 6.07) is 12.6. The molecule has 144 valence electrons. The third kappa shape index (κ3) is 6.77. The number of anilines is 1. The van der Waals surface area contributed by atoms with Crippen molar-refractivity contribution in [3.05, 3.63) is 58.1 Å². The molecular formula is C20H22Cl2N2O3. The number of carbonyl (C=O) groups excluding carboxylic acids is 1. The second kappa shape index (κ2) is 10.2. The highest BCUT2D eigenvalue weighted by Crippen LogP contribution is 2.24. The molecule has 5 nitrogen and oxygen atoms in total. The third-order valence-electron chi connectivity index (χ3n) is 3.60. The van der Waals surface area contributed by atoms with Crippen LogP contribution in [0.4, 0.5) is 5.69 Å². The van der Waals surface area contributed by atoms with Gasteiger partial charge in [-0.2, -0.15) is 5.10 Å². The number of rotatable bonds is 8. The number of nitrogens with zero attached hydrogens (tertiary/aromatic N) is 1. The van der Waals surface area contributed by atoms with Crippen LogP contribution in [0.1, 0.15) is 32.3 Å². The fourth-order valence-electron chi connectivity index (χ4n) is 2.28. The summed E-state index contributed by atoms with van der Waals surface area (Å²) in [7, 11) is 1.61. The van der Waals surface area contributed by atoms with E-state index in [1.54, 1.807) is 19.2 Å². The number of hydrogen-bond acceptors (Lipinski definition) is 5. The molecule has 2 aromatic carbocycles. The number of esters is 1. The lowest BCUT2D eigenvalue weighted by molar-refractivity contribution is -0.147. The van der Waals surface area contributed by atoms with Gasteiger partial charge in [0.25, 0.3) is 0 Å². The van der Waals surface area contributed by atoms with E-state index >= 15 is 0 Å². The number of nitrogens with one attached hydrogen (secondary N) is 1. The van der Waals surface area contributed by atoms with Crippen LogP contribution < -0.4 is 10.2 Å². The number of ether oxygens (including phenoxy) is 2. The van der Waals surface area contributed by atoms with Crippen molar-refractivity contribution in [3.8, 4) is 5.75 Å². The topological polar surface area (TPSA) is 59.9 Å². The Kier molecular flexibility index (Phi) is 7.95. The molecule has 2 rings (SSSR count). The van der Waals surface area contributed by atoms with Gasteiger partial charge in [-0.15, -0.1) is 0 Å². The Morgan fingerprint density at radius 1 is 1.07 bits per heavy atom. The Hall–Kier alpha value is -2.24. The first-order valence-corrected chi connectivity index (χ1v) is 9.26. The van der Waals surface area contributed by atoms with Gasteiger partial charge in [-0.1, -0.05) is 29.3 Å². The Morgan fingerprint density at radius 3 is 2.37 bits per heavy atom. The summed E-state index contributed by atoms with van der Waals surface area (Å²) in [5, 5.41) is 5.35. The standard InChI is InChI=1S/C20H22Cl2N2O3/c1-13(2)27-20(25)11-10-19(14-4-9-17(21)18(22)12-14)24-23-15-5-7-16(26-3)8-6-15/h4-9,12-13,23H,10-11H2,1-3H3/b24-19+. The summed E-state index contributed by atoms with van der Waals surface area (Å²) >= 11 is 12.1. The lowest BCUT2D eigenvalue weighted by atomic mass is 10.1. The molecular weight excluding hydrogens is 387 g/mol. The smallest absolute Gasteiger partial charge is 0.306 e. The van der Waals surface area contributed by atoms with E-state index in [4.69, 9.17) is 32.7 Å². The summed E-state index contributed by atoms with van der Waals surface area (Å²) in [6.45, 7) is 3.63. The Balaban J connectivity index is 2.18. The fraction of sp³-hybridized carbons (Fsp3) is 0.300. The molecule has 1 N–H and O–H groups in total. The van der Waals surface area contributed by atoms with Gasteiger partial charge in [-0.25, -0.2) is 0 Å². The molecule has 0 unspecified atom stereocenters. The molecule has 0 saturated carbocycles. The number of benzene rings is 2. The quantitative estimate of drug-likeness (QED) is 0.353. The Bertz CT molecular complexity index is 805. The van der Waals surface area contributed by atoms with Crippen LogP contribution in [0.3, 0.4) is 0 Å². The maximum absolute atomic E-state index is 11.9. The average Bonchev–Trinajstić information content (AvgIpc) is 2.64. The third-order valence-corrected chi connectivity index (χ3v) is 4.33. The van der Waals surface area contributed by atoms with E-state index in [-0.39, 0.29) is 18.5 Å². The van der Waals surface area contributed by atoms with Gasteiger partial charge in [-0.05, 0) is 55.8 Å². The van der Waals surface area contributed by atoms with Crippen molar-refractivity contribution >= 4 is 40.6 Å². The van der Waals surface area contributed by atoms with Crippen LogP contribution >= 0.6 is 23.2 Å². The maximum Gasteiger partial charge on any atom is 0.306 e. The van der Waals surface area contributed by atoms with E-state index in [1.807, 2.05) is 44.2 Å². The zero-order valence-electron chi connectivity index (χ0n) is 15.5. The van der Waals surface area contributed by atoms with E-state index in [9.17, 15) is 4.79 Å². The SMILES string of the molecule is COc1ccc(N/N=C(\CCC(=O)OC(C)C)c2ccc(Cl)c(Cl)c2)cc1. The molecule has 0 fully saturated rings. The molecule has 0 heterocycles. The highest BCUT2D eigenvalue weighted by Gasteiger charge is 2.12. The molecule has 2 aromatic rings. The van der Waals surface area contributed by atoms with E-state index < -0.39 is 0 Å². The maximum atomic E-state index is 11.9. The van der Waals surface area contributed by atoms with Gasteiger partial charge in [-0.3, -0.25) is 10.2 Å². The predicted octanol–water partition coefficient (Wildman–Crippen LogP) is 5.55. The second-order valence-electron chi connectivity index (χ2n) is 6.07. The van der Waals surface area contributed by atoms with Gasteiger partial charge in [0.15, 0.2) is 0 Å². The minimum atomic E-state index is -0.276. The molecule has 0 aliphatic carbocycles. The minimum Gasteiger partial charge on any atom is -0.497 e. The predicted molar refractivity (Wildman–Crippen MR) is 110 cm³/mol. The Morgan fingerprint density at radius 2 is 1.78 bits per heavy atom. The number of methoxy groups -OCH3 is 1. The number of halogens is 2. The molecule has 0 radical (unpaired) electrons. The fourth-order valence-corrected chi connectivity index (χ4v) is 2.58. The Labute approximate surface area is 169 Å². The molecule has 27 heavy (non-hydrogen) atoms. The largest absolute Gasteiger partial charge is 0.497 e. The molecule has 0 spiro atoms. The minimum absolute atomic E-state index is 0.153. The molecule has 0 atom stereocenters. The average molecular weight is 409 g/mol. The number of hydrazone groups is 1. The molecule has 0 amide bonds. The van der Waals surface area contributed by atoms with Gasteiger partial charge >= 0.3 is 5.97 Å². The van der Waals surface area contributed by atoms with E-state index in [0.717, 1.165) is 17.0 Å². The van der Waals surface area contributed by atoms with Crippen molar-refractivity contribution in [2.75, 3.05) is 12.5 Å². The lowest BCUT2D eigenvalue weighted by Gasteiger charge is -2.11. The highest BCUT2D eigenvalue weighted by atomic mass is 35.5. The van der Waals surface area contributed by atoms with Gasteiger partial charge < -0.3 is 9.47 Å². The first-order valence-electron chi connectivity index (χ1n) is 8.50. The van der Waals surface area contributed by atoms with E-state index in [1.165, 1.54) is 0 Å². The molecule has 0 saturated heterocycles. The van der Waals surface area contributed by atoms with Gasteiger partial charge in [0.05, 0.1) is 41.1 Å². The number of carbonyl (C=O) groups is 1. The van der Waals surface area contributed by atoms with Crippen LogP contribution in [0.5, 0.6) is 5.75 Å². The van der Waals surface area contributed by atoms with Gasteiger partial charge in [0.2, 0.25) is 0 Å². The summed E-state index contributed by atoms with van der Waals surface area (Å²) in [5.74, 6) is 0.480. The molecule has 0 aliphatic rings. The number of hydrogen-bond donors (Lipinski definition) is 1. The summed E-state index contributed by atoms with van der Waals surface area (Å²) < 4.78 is 10.3. The molecule has 0 aromatic heterocycles. The van der Waals surface area contributed by atoms with Crippen LogP contribution in [0.2, 0.25) is 10.0 Å². The van der Waals surface area contributed by atoms with Crippen LogP contribution in [0.15, 0.2) is 47.6 Å². The molecule has 0 bridgehead atoms. The summed E-state index contributed by atoms with van der Waals surface area (Å²) in [4.78, 5) is 11.9. The van der Waals surface area contributed by atoms with Crippen molar-refractivity contribution in [2.45, 2.75) is 32.8 Å². The van der Waals surface area contributed by atoms with Gasteiger partial charge in [0, 0.05) is 6.42 Å². The van der Waals surface area contributed by atoms with Crippen LogP contribution in [0.25, 0.3) is 0 Å². The van der Waals surface area contributed by atoms with Gasteiger partial charge in [0.1, 0.15) is 5.75 Å². The van der Waals surface area contributed by atoms with Crippen molar-refractivity contribution in [3.63, 3.8) is 0 Å². The van der Waals surface area contributed by atoms with Crippen molar-refractivity contribution in [2.24, 2.45) is 5.10 Å². The molecule has 0 aliphatic heterocycles. The normalized spacial score (nSPS) is 11.4. The summed E-state index contributed by atoms with van der Waals surface area (Å²) in [5.41, 5.74) is 5.24. The zero-order chi connectivity index (χ0) is 19.8. The highest BCUT2D eigenvalue weighted by molar-refractivity contribution is 6.42. The molecule has 7 heteroatoms. The van der Waals surface area contributed by atoms with Crippen LogP contribution in [-0.2, 0) is 9.53 Å². The summed E-state index contributed by atoms with van der Waals surface area (Å²) in [6.07, 6.45) is 0.453. The second-order valence-corrected chi connectivity index (χ2v) is 6.88. The van der Waals surface area contributed by atoms with Crippen LogP contribution in [0, 0.1) is 0 Å². The van der Waals surface area contributed by atoms with Crippen LogP contribution in [-0.4, -0.2) is 24.9 Å².